The van der Waals surface area contributed by atoms with E-state index in [1.54, 1.807) is 0 Å². The summed E-state index contributed by atoms with van der Waals surface area (Å²) >= 11 is 0. The van der Waals surface area contributed by atoms with E-state index in [2.05, 4.69) is 0 Å². The van der Waals surface area contributed by atoms with Gasteiger partial charge in [0.15, 0.2) is 5.79 Å². The first kappa shape index (κ1) is 13.2. The molecular formula is C12H22O5. The van der Waals surface area contributed by atoms with Gasteiger partial charge in [-0.2, -0.15) is 0 Å². The molecule has 0 aromatic rings. The van der Waals surface area contributed by atoms with Gasteiger partial charge >= 0.3 is 0 Å². The zero-order valence-electron chi connectivity index (χ0n) is 10.2. The SMILES string of the molecule is C[C@H]1CCC[C@]2(O[C@@H](CCO)C[C@H](O)[C@H]2O)O1. The monoisotopic (exact) mass is 246 g/mol. The van der Waals surface area contributed by atoms with Crippen molar-refractivity contribution < 1.29 is 24.8 Å². The molecule has 0 saturated carbocycles. The van der Waals surface area contributed by atoms with Crippen LogP contribution in [0.15, 0.2) is 0 Å². The lowest BCUT2D eigenvalue weighted by Gasteiger charge is -2.49. The Morgan fingerprint density at radius 1 is 1.29 bits per heavy atom. The lowest BCUT2D eigenvalue weighted by molar-refractivity contribution is -0.365. The van der Waals surface area contributed by atoms with Crippen LogP contribution in [-0.2, 0) is 9.47 Å². The van der Waals surface area contributed by atoms with E-state index < -0.39 is 18.0 Å². The number of aliphatic hydroxyl groups excluding tert-OH is 3. The minimum atomic E-state index is -1.07. The summed E-state index contributed by atoms with van der Waals surface area (Å²) in [6.07, 6.45) is 1.20. The van der Waals surface area contributed by atoms with Gasteiger partial charge in [-0.25, -0.2) is 0 Å². The molecule has 0 aliphatic carbocycles. The van der Waals surface area contributed by atoms with Crippen LogP contribution in [0.3, 0.4) is 0 Å². The molecule has 2 aliphatic heterocycles. The number of hydrogen-bond donors (Lipinski definition) is 3. The van der Waals surface area contributed by atoms with Crippen molar-refractivity contribution in [3.05, 3.63) is 0 Å². The molecule has 2 heterocycles. The molecule has 2 fully saturated rings. The molecule has 5 heteroatoms. The summed E-state index contributed by atoms with van der Waals surface area (Å²) in [4.78, 5) is 0. The van der Waals surface area contributed by atoms with Crippen LogP contribution < -0.4 is 0 Å². The van der Waals surface area contributed by atoms with E-state index >= 15 is 0 Å². The summed E-state index contributed by atoms with van der Waals surface area (Å²) in [5, 5.41) is 28.9. The molecule has 2 rings (SSSR count). The molecule has 5 atom stereocenters. The van der Waals surface area contributed by atoms with E-state index in [1.807, 2.05) is 6.92 Å². The second-order valence-electron chi connectivity index (χ2n) is 5.13. The molecule has 0 aromatic heterocycles. The maximum Gasteiger partial charge on any atom is 0.197 e. The van der Waals surface area contributed by atoms with Crippen molar-refractivity contribution in [1.82, 2.24) is 0 Å². The third-order valence-corrected chi connectivity index (χ3v) is 3.67. The average Bonchev–Trinajstić information content (AvgIpc) is 2.26. The minimum Gasteiger partial charge on any atom is -0.396 e. The van der Waals surface area contributed by atoms with E-state index in [0.29, 0.717) is 19.3 Å². The highest BCUT2D eigenvalue weighted by atomic mass is 16.7. The molecule has 3 N–H and O–H groups in total. The molecule has 100 valence electrons. The zero-order valence-corrected chi connectivity index (χ0v) is 10.2. The van der Waals surface area contributed by atoms with Crippen molar-refractivity contribution in [2.75, 3.05) is 6.61 Å². The highest BCUT2D eigenvalue weighted by Crippen LogP contribution is 2.40. The summed E-state index contributed by atoms with van der Waals surface area (Å²) in [7, 11) is 0. The van der Waals surface area contributed by atoms with Gasteiger partial charge in [-0.3, -0.25) is 0 Å². The highest BCUT2D eigenvalue weighted by Gasteiger charge is 2.51. The van der Waals surface area contributed by atoms with Crippen molar-refractivity contribution in [3.63, 3.8) is 0 Å². The standard InChI is InChI=1S/C12H22O5/c1-8-3-2-5-12(16-8)11(15)10(14)7-9(17-12)4-6-13/h8-11,13-15H,2-7H2,1H3/t8-,9-,10-,11+,12+/m0/s1. The van der Waals surface area contributed by atoms with E-state index in [-0.39, 0.29) is 18.8 Å². The minimum absolute atomic E-state index is 0.0130. The number of ether oxygens (including phenoxy) is 2. The highest BCUT2D eigenvalue weighted by molar-refractivity contribution is 4.94. The van der Waals surface area contributed by atoms with E-state index in [1.165, 1.54) is 0 Å². The predicted octanol–water partition coefficient (Wildman–Crippen LogP) is 0.165. The quantitative estimate of drug-likeness (QED) is 0.647. The Morgan fingerprint density at radius 2 is 2.06 bits per heavy atom. The van der Waals surface area contributed by atoms with Crippen molar-refractivity contribution in [2.24, 2.45) is 0 Å². The van der Waals surface area contributed by atoms with Crippen LogP contribution in [0.2, 0.25) is 0 Å². The average molecular weight is 246 g/mol. The lowest BCUT2D eigenvalue weighted by Crippen LogP contribution is -2.61. The van der Waals surface area contributed by atoms with Gasteiger partial charge in [-0.1, -0.05) is 0 Å². The van der Waals surface area contributed by atoms with Gasteiger partial charge in [0.25, 0.3) is 0 Å². The molecule has 0 aromatic carbocycles. The van der Waals surface area contributed by atoms with Crippen LogP contribution in [0.5, 0.6) is 0 Å². The second kappa shape index (κ2) is 5.20. The molecule has 1 spiro atoms. The van der Waals surface area contributed by atoms with E-state index in [0.717, 1.165) is 12.8 Å². The summed E-state index contributed by atoms with van der Waals surface area (Å²) < 4.78 is 11.6. The fraction of sp³-hybridized carbons (Fsp3) is 1.00. The van der Waals surface area contributed by atoms with E-state index in [4.69, 9.17) is 14.6 Å². The first-order chi connectivity index (χ1) is 8.07. The molecular weight excluding hydrogens is 224 g/mol. The Bertz CT molecular complexity index is 259. The van der Waals surface area contributed by atoms with Gasteiger partial charge in [0.2, 0.25) is 0 Å². The largest absolute Gasteiger partial charge is 0.396 e. The Labute approximate surface area is 101 Å². The molecule has 0 unspecified atom stereocenters. The Kier molecular flexibility index (Phi) is 4.05. The Morgan fingerprint density at radius 3 is 2.71 bits per heavy atom. The van der Waals surface area contributed by atoms with Crippen molar-refractivity contribution in [2.45, 2.75) is 69.2 Å². The van der Waals surface area contributed by atoms with Crippen LogP contribution in [0.1, 0.15) is 39.0 Å². The first-order valence-electron chi connectivity index (χ1n) is 6.40. The predicted molar refractivity (Wildman–Crippen MR) is 60.3 cm³/mol. The topological polar surface area (TPSA) is 79.2 Å². The van der Waals surface area contributed by atoms with Crippen LogP contribution in [0, 0.1) is 0 Å². The lowest BCUT2D eigenvalue weighted by atomic mass is 9.88. The van der Waals surface area contributed by atoms with Crippen LogP contribution in [0.4, 0.5) is 0 Å². The van der Waals surface area contributed by atoms with Crippen LogP contribution in [0.25, 0.3) is 0 Å². The van der Waals surface area contributed by atoms with Crippen molar-refractivity contribution in [3.8, 4) is 0 Å². The molecule has 2 saturated heterocycles. The van der Waals surface area contributed by atoms with Gasteiger partial charge in [0.1, 0.15) is 6.10 Å². The van der Waals surface area contributed by atoms with Gasteiger partial charge in [0.05, 0.1) is 18.3 Å². The molecule has 0 bridgehead atoms. The fourth-order valence-electron chi connectivity index (χ4n) is 2.81. The Hall–Kier alpha value is -0.200. The maximum atomic E-state index is 10.1. The number of aliphatic hydroxyl groups is 3. The molecule has 17 heavy (non-hydrogen) atoms. The number of hydrogen-bond acceptors (Lipinski definition) is 5. The van der Waals surface area contributed by atoms with Crippen molar-refractivity contribution >= 4 is 0 Å². The third kappa shape index (κ3) is 2.63. The van der Waals surface area contributed by atoms with Gasteiger partial charge < -0.3 is 24.8 Å². The zero-order chi connectivity index (χ0) is 12.5. The summed E-state index contributed by atoms with van der Waals surface area (Å²) in [5.41, 5.74) is 0. The fourth-order valence-corrected chi connectivity index (χ4v) is 2.81. The smallest absolute Gasteiger partial charge is 0.197 e. The van der Waals surface area contributed by atoms with Crippen LogP contribution >= 0.6 is 0 Å². The summed E-state index contributed by atoms with van der Waals surface area (Å²) in [6.45, 7) is 1.96. The van der Waals surface area contributed by atoms with E-state index in [9.17, 15) is 10.2 Å². The summed E-state index contributed by atoms with van der Waals surface area (Å²) in [5.74, 6) is -1.07. The molecule has 0 radical (unpaired) electrons. The molecule has 2 aliphatic rings. The first-order valence-corrected chi connectivity index (χ1v) is 6.40. The Balaban J connectivity index is 2.11. The normalized spacial score (nSPS) is 47.3. The van der Waals surface area contributed by atoms with Gasteiger partial charge in [-0.15, -0.1) is 0 Å². The molecule has 0 amide bonds. The third-order valence-electron chi connectivity index (χ3n) is 3.67. The van der Waals surface area contributed by atoms with Crippen molar-refractivity contribution in [1.29, 1.82) is 0 Å². The molecule has 5 nitrogen and oxygen atoms in total. The maximum absolute atomic E-state index is 10.1. The van der Waals surface area contributed by atoms with Gasteiger partial charge in [-0.05, 0) is 26.2 Å². The number of rotatable bonds is 2. The summed E-state index contributed by atoms with van der Waals surface area (Å²) in [6, 6.07) is 0. The second-order valence-corrected chi connectivity index (χ2v) is 5.13. The van der Waals surface area contributed by atoms with Gasteiger partial charge in [0, 0.05) is 19.4 Å². The van der Waals surface area contributed by atoms with Crippen LogP contribution in [-0.4, -0.2) is 52.1 Å².